The van der Waals surface area contributed by atoms with Crippen molar-refractivity contribution in [3.05, 3.63) is 51.0 Å². The first-order valence-electron chi connectivity index (χ1n) is 6.05. The molecule has 7 heteroatoms. The molecule has 0 heterocycles. The van der Waals surface area contributed by atoms with Crippen LogP contribution >= 0.6 is 27.5 Å². The minimum absolute atomic E-state index is 0.142. The van der Waals surface area contributed by atoms with Crippen molar-refractivity contribution in [1.29, 1.82) is 0 Å². The maximum atomic E-state index is 12.5. The van der Waals surface area contributed by atoms with E-state index in [4.69, 9.17) is 17.3 Å². The van der Waals surface area contributed by atoms with Crippen LogP contribution in [0.1, 0.15) is 11.1 Å². The minimum atomic E-state index is -3.73. The van der Waals surface area contributed by atoms with E-state index in [0.29, 0.717) is 26.4 Å². The molecule has 0 aliphatic heterocycles. The highest BCUT2D eigenvalue weighted by Crippen LogP contribution is 2.29. The Bertz CT molecular complexity index is 807. The standard InChI is InChI=1S/C14H14BrClN2O2S/c1-8-5-11(16)3-4-13(8)18-21(19,20)14-7-10(15)6-12(17)9(14)2/h3-7,18H,17H2,1-2H3. The molecule has 0 unspecified atom stereocenters. The zero-order valence-electron chi connectivity index (χ0n) is 11.4. The highest BCUT2D eigenvalue weighted by atomic mass is 79.9. The zero-order valence-corrected chi connectivity index (χ0v) is 14.6. The van der Waals surface area contributed by atoms with E-state index in [1.54, 1.807) is 38.1 Å². The number of aryl methyl sites for hydroxylation is 1. The number of rotatable bonds is 3. The van der Waals surface area contributed by atoms with E-state index in [9.17, 15) is 8.42 Å². The van der Waals surface area contributed by atoms with Gasteiger partial charge in [-0.05, 0) is 55.3 Å². The first-order chi connectivity index (χ1) is 9.70. The number of benzene rings is 2. The lowest BCUT2D eigenvalue weighted by Gasteiger charge is -2.14. The Morgan fingerprint density at radius 1 is 1.19 bits per heavy atom. The molecule has 0 aliphatic carbocycles. The van der Waals surface area contributed by atoms with Crippen molar-refractivity contribution >= 4 is 48.9 Å². The summed E-state index contributed by atoms with van der Waals surface area (Å²) in [6.07, 6.45) is 0. The molecule has 21 heavy (non-hydrogen) atoms. The molecule has 2 aromatic rings. The molecule has 0 fully saturated rings. The fourth-order valence-corrected chi connectivity index (χ4v) is 4.18. The molecule has 0 saturated carbocycles. The second-order valence-corrected chi connectivity index (χ2v) is 7.69. The average molecular weight is 390 g/mol. The summed E-state index contributed by atoms with van der Waals surface area (Å²) in [5.41, 5.74) is 7.97. The fraction of sp³-hybridized carbons (Fsp3) is 0.143. The Hall–Kier alpha value is -1.24. The van der Waals surface area contributed by atoms with Gasteiger partial charge in [0.1, 0.15) is 0 Å². The second kappa shape index (κ2) is 5.87. The minimum Gasteiger partial charge on any atom is -0.398 e. The average Bonchev–Trinajstić information content (AvgIpc) is 2.37. The molecule has 0 bridgehead atoms. The van der Waals surface area contributed by atoms with E-state index >= 15 is 0 Å². The quantitative estimate of drug-likeness (QED) is 0.776. The van der Waals surface area contributed by atoms with Crippen LogP contribution < -0.4 is 10.5 Å². The van der Waals surface area contributed by atoms with Gasteiger partial charge >= 0.3 is 0 Å². The number of anilines is 2. The summed E-state index contributed by atoms with van der Waals surface area (Å²) in [6, 6.07) is 8.16. The van der Waals surface area contributed by atoms with Crippen LogP contribution in [0.15, 0.2) is 39.7 Å². The molecule has 0 aromatic heterocycles. The van der Waals surface area contributed by atoms with Crippen molar-refractivity contribution in [3.63, 3.8) is 0 Å². The summed E-state index contributed by atoms with van der Waals surface area (Å²) in [5, 5.41) is 0.554. The molecule has 0 atom stereocenters. The number of nitrogen functional groups attached to an aromatic ring is 1. The predicted octanol–water partition coefficient (Wildman–Crippen LogP) is 4.10. The van der Waals surface area contributed by atoms with Crippen molar-refractivity contribution in [1.82, 2.24) is 0 Å². The van der Waals surface area contributed by atoms with Crippen LogP contribution in [0, 0.1) is 13.8 Å². The van der Waals surface area contributed by atoms with Crippen molar-refractivity contribution in [2.24, 2.45) is 0 Å². The SMILES string of the molecule is Cc1cc(Cl)ccc1NS(=O)(=O)c1cc(Br)cc(N)c1C. The van der Waals surface area contributed by atoms with Gasteiger partial charge in [0, 0.05) is 15.2 Å². The highest BCUT2D eigenvalue weighted by molar-refractivity contribution is 9.10. The number of hydrogen-bond donors (Lipinski definition) is 2. The summed E-state index contributed by atoms with van der Waals surface area (Å²) in [7, 11) is -3.73. The van der Waals surface area contributed by atoms with Crippen LogP contribution in [-0.2, 0) is 10.0 Å². The van der Waals surface area contributed by atoms with Crippen LogP contribution in [0.3, 0.4) is 0 Å². The lowest BCUT2D eigenvalue weighted by Crippen LogP contribution is -2.15. The molecule has 2 rings (SSSR count). The number of sulfonamides is 1. The van der Waals surface area contributed by atoms with Crippen LogP contribution in [0.5, 0.6) is 0 Å². The summed E-state index contributed by atoms with van der Waals surface area (Å²) in [4.78, 5) is 0.142. The lowest BCUT2D eigenvalue weighted by atomic mass is 10.2. The Kier molecular flexibility index (Phi) is 4.51. The molecule has 0 aliphatic rings. The van der Waals surface area contributed by atoms with Crippen molar-refractivity contribution in [2.75, 3.05) is 10.5 Å². The van der Waals surface area contributed by atoms with Gasteiger partial charge in [-0.15, -0.1) is 0 Å². The molecule has 0 radical (unpaired) electrons. The molecule has 3 N–H and O–H groups in total. The van der Waals surface area contributed by atoms with Crippen LogP contribution in [0.2, 0.25) is 5.02 Å². The van der Waals surface area contributed by atoms with Crippen LogP contribution in [-0.4, -0.2) is 8.42 Å². The third kappa shape index (κ3) is 3.51. The Morgan fingerprint density at radius 2 is 1.86 bits per heavy atom. The third-order valence-corrected chi connectivity index (χ3v) is 5.27. The number of nitrogens with two attached hydrogens (primary N) is 1. The monoisotopic (exact) mass is 388 g/mol. The number of halogens is 2. The second-order valence-electron chi connectivity index (χ2n) is 4.68. The summed E-state index contributed by atoms with van der Waals surface area (Å²) >= 11 is 9.13. The van der Waals surface area contributed by atoms with Gasteiger partial charge in [-0.1, -0.05) is 27.5 Å². The van der Waals surface area contributed by atoms with Gasteiger partial charge in [-0.3, -0.25) is 4.72 Å². The van der Waals surface area contributed by atoms with Gasteiger partial charge in [0.2, 0.25) is 0 Å². The van der Waals surface area contributed by atoms with Gasteiger partial charge in [0.05, 0.1) is 10.6 Å². The van der Waals surface area contributed by atoms with Crippen LogP contribution in [0.4, 0.5) is 11.4 Å². The largest absolute Gasteiger partial charge is 0.398 e. The van der Waals surface area contributed by atoms with E-state index in [1.165, 1.54) is 6.07 Å². The Morgan fingerprint density at radius 3 is 2.48 bits per heavy atom. The Labute approximate surface area is 137 Å². The van der Waals surface area contributed by atoms with Gasteiger partial charge in [-0.2, -0.15) is 0 Å². The predicted molar refractivity (Wildman–Crippen MR) is 90.3 cm³/mol. The van der Waals surface area contributed by atoms with E-state index < -0.39 is 10.0 Å². The maximum absolute atomic E-state index is 12.5. The fourth-order valence-electron chi connectivity index (χ4n) is 1.89. The molecule has 112 valence electrons. The molecular formula is C14H14BrClN2O2S. The molecular weight excluding hydrogens is 376 g/mol. The van der Waals surface area contributed by atoms with Crippen molar-refractivity contribution < 1.29 is 8.42 Å². The maximum Gasteiger partial charge on any atom is 0.262 e. The first kappa shape index (κ1) is 16.1. The molecule has 0 spiro atoms. The normalized spacial score (nSPS) is 11.4. The van der Waals surface area contributed by atoms with E-state index in [0.717, 1.165) is 5.56 Å². The van der Waals surface area contributed by atoms with E-state index in [2.05, 4.69) is 20.7 Å². The van der Waals surface area contributed by atoms with Gasteiger partial charge < -0.3 is 5.73 Å². The Balaban J connectivity index is 2.48. The summed E-state index contributed by atoms with van der Waals surface area (Å²) < 4.78 is 28.3. The highest BCUT2D eigenvalue weighted by Gasteiger charge is 2.20. The molecule has 0 amide bonds. The van der Waals surface area contributed by atoms with Gasteiger partial charge in [0.15, 0.2) is 0 Å². The van der Waals surface area contributed by atoms with E-state index in [-0.39, 0.29) is 4.90 Å². The van der Waals surface area contributed by atoms with Gasteiger partial charge in [0.25, 0.3) is 10.0 Å². The van der Waals surface area contributed by atoms with Crippen molar-refractivity contribution in [2.45, 2.75) is 18.7 Å². The van der Waals surface area contributed by atoms with Crippen LogP contribution in [0.25, 0.3) is 0 Å². The van der Waals surface area contributed by atoms with Crippen molar-refractivity contribution in [3.8, 4) is 0 Å². The third-order valence-electron chi connectivity index (χ3n) is 3.09. The first-order valence-corrected chi connectivity index (χ1v) is 8.71. The van der Waals surface area contributed by atoms with E-state index in [1.807, 2.05) is 0 Å². The number of hydrogen-bond acceptors (Lipinski definition) is 3. The number of nitrogens with one attached hydrogen (secondary N) is 1. The zero-order chi connectivity index (χ0) is 15.8. The van der Waals surface area contributed by atoms with Gasteiger partial charge in [-0.25, -0.2) is 8.42 Å². The lowest BCUT2D eigenvalue weighted by molar-refractivity contribution is 0.600. The summed E-state index contributed by atoms with van der Waals surface area (Å²) in [6.45, 7) is 3.46. The summed E-state index contributed by atoms with van der Waals surface area (Å²) in [5.74, 6) is 0. The topological polar surface area (TPSA) is 72.2 Å². The molecule has 2 aromatic carbocycles. The smallest absolute Gasteiger partial charge is 0.262 e. The molecule has 0 saturated heterocycles. The molecule has 4 nitrogen and oxygen atoms in total.